The van der Waals surface area contributed by atoms with Crippen LogP contribution in [-0.4, -0.2) is 12.2 Å². The molecular weight excluding hydrogens is 294 g/mol. The Morgan fingerprint density at radius 1 is 1.30 bits per heavy atom. The molecular formula is C14H14ClN3OS. The van der Waals surface area contributed by atoms with Gasteiger partial charge in [0, 0.05) is 10.6 Å². The van der Waals surface area contributed by atoms with E-state index >= 15 is 0 Å². The highest BCUT2D eigenvalue weighted by Gasteiger charge is 2.14. The molecule has 0 fully saturated rings. The zero-order valence-electron chi connectivity index (χ0n) is 10.8. The van der Waals surface area contributed by atoms with E-state index in [1.807, 2.05) is 30.5 Å². The third-order valence-electron chi connectivity index (χ3n) is 2.74. The monoisotopic (exact) mass is 307 g/mol. The first-order valence-electron chi connectivity index (χ1n) is 5.81. The molecule has 0 aromatic heterocycles. The Kier molecular flexibility index (Phi) is 4.42. The molecule has 0 radical (unpaired) electrons. The number of primary amides is 1. The fourth-order valence-corrected chi connectivity index (χ4v) is 2.66. The molecule has 0 saturated heterocycles. The number of thioether (sulfide) groups is 1. The number of anilines is 3. The smallest absolute Gasteiger partial charge is 0.250 e. The first-order valence-corrected chi connectivity index (χ1v) is 7.42. The first kappa shape index (κ1) is 14.6. The van der Waals surface area contributed by atoms with Gasteiger partial charge in [0.05, 0.1) is 22.0 Å². The van der Waals surface area contributed by atoms with Crippen LogP contribution in [0.2, 0.25) is 5.02 Å². The lowest BCUT2D eigenvalue weighted by Gasteiger charge is -2.15. The summed E-state index contributed by atoms with van der Waals surface area (Å²) in [6, 6.07) is 10.8. The van der Waals surface area contributed by atoms with E-state index in [2.05, 4.69) is 5.32 Å². The van der Waals surface area contributed by atoms with E-state index < -0.39 is 5.91 Å². The molecule has 0 unspecified atom stereocenters. The van der Waals surface area contributed by atoms with Crippen molar-refractivity contribution in [2.45, 2.75) is 4.90 Å². The van der Waals surface area contributed by atoms with Gasteiger partial charge in [-0.2, -0.15) is 0 Å². The number of hydrogen-bond donors (Lipinski definition) is 3. The van der Waals surface area contributed by atoms with Crippen LogP contribution in [0.25, 0.3) is 0 Å². The maximum atomic E-state index is 11.5. The minimum absolute atomic E-state index is 0.269. The Labute approximate surface area is 126 Å². The summed E-state index contributed by atoms with van der Waals surface area (Å²) in [6.45, 7) is 0. The first-order chi connectivity index (χ1) is 9.52. The van der Waals surface area contributed by atoms with Crippen molar-refractivity contribution in [3.8, 4) is 0 Å². The molecule has 6 heteroatoms. The Hall–Kier alpha value is -1.85. The number of amides is 1. The molecule has 0 saturated carbocycles. The quantitative estimate of drug-likeness (QED) is 0.596. The number of halogens is 1. The predicted octanol–water partition coefficient (Wildman–Crippen LogP) is 3.49. The Morgan fingerprint density at radius 3 is 2.65 bits per heavy atom. The van der Waals surface area contributed by atoms with E-state index in [1.165, 1.54) is 6.07 Å². The lowest BCUT2D eigenvalue weighted by molar-refractivity contribution is 0.100. The van der Waals surface area contributed by atoms with E-state index in [4.69, 9.17) is 23.1 Å². The summed E-state index contributed by atoms with van der Waals surface area (Å²) in [5.41, 5.74) is 13.1. The normalized spacial score (nSPS) is 10.3. The van der Waals surface area contributed by atoms with Crippen LogP contribution in [0, 0.1) is 0 Å². The topological polar surface area (TPSA) is 81.1 Å². The van der Waals surface area contributed by atoms with Gasteiger partial charge in [-0.3, -0.25) is 4.79 Å². The molecule has 2 rings (SSSR count). The van der Waals surface area contributed by atoms with Gasteiger partial charge in [-0.25, -0.2) is 0 Å². The molecule has 2 aromatic rings. The Morgan fingerprint density at radius 2 is 2.00 bits per heavy atom. The molecule has 1 amide bonds. The van der Waals surface area contributed by atoms with Crippen LogP contribution in [0.5, 0.6) is 0 Å². The molecule has 4 nitrogen and oxygen atoms in total. The molecule has 0 spiro atoms. The van der Waals surface area contributed by atoms with Gasteiger partial charge in [0.2, 0.25) is 0 Å². The zero-order valence-corrected chi connectivity index (χ0v) is 12.4. The van der Waals surface area contributed by atoms with Crippen molar-refractivity contribution in [2.75, 3.05) is 17.3 Å². The summed E-state index contributed by atoms with van der Waals surface area (Å²) < 4.78 is 0. The number of nitrogens with two attached hydrogens (primary N) is 2. The second-order valence-corrected chi connectivity index (χ2v) is 5.37. The molecule has 0 bridgehead atoms. The second-order valence-electron chi connectivity index (χ2n) is 4.11. The molecule has 104 valence electrons. The van der Waals surface area contributed by atoms with Crippen LogP contribution in [-0.2, 0) is 0 Å². The highest BCUT2D eigenvalue weighted by Crippen LogP contribution is 2.34. The zero-order chi connectivity index (χ0) is 14.7. The lowest BCUT2D eigenvalue weighted by Crippen LogP contribution is -2.14. The SMILES string of the molecule is CSc1ccccc1Nc1c(Cl)cc(N)cc1C(N)=O. The van der Waals surface area contributed by atoms with Gasteiger partial charge in [-0.15, -0.1) is 11.8 Å². The number of hydrogen-bond acceptors (Lipinski definition) is 4. The van der Waals surface area contributed by atoms with Crippen LogP contribution in [0.4, 0.5) is 17.1 Å². The minimum atomic E-state index is -0.580. The van der Waals surface area contributed by atoms with Gasteiger partial charge in [0.1, 0.15) is 0 Å². The molecule has 5 N–H and O–H groups in total. The van der Waals surface area contributed by atoms with E-state index in [0.717, 1.165) is 10.6 Å². The number of carbonyl (C=O) groups excluding carboxylic acids is 1. The fraction of sp³-hybridized carbons (Fsp3) is 0.0714. The largest absolute Gasteiger partial charge is 0.399 e. The fourth-order valence-electron chi connectivity index (χ4n) is 1.83. The number of benzene rings is 2. The van der Waals surface area contributed by atoms with Crippen LogP contribution in [0.15, 0.2) is 41.3 Å². The highest BCUT2D eigenvalue weighted by molar-refractivity contribution is 7.98. The molecule has 0 aliphatic rings. The van der Waals surface area contributed by atoms with Crippen molar-refractivity contribution in [1.82, 2.24) is 0 Å². The highest BCUT2D eigenvalue weighted by atomic mass is 35.5. The summed E-state index contributed by atoms with van der Waals surface area (Å²) in [7, 11) is 0. The number of carbonyl (C=O) groups is 1. The van der Waals surface area contributed by atoms with Crippen molar-refractivity contribution >= 4 is 46.3 Å². The minimum Gasteiger partial charge on any atom is -0.399 e. The van der Waals surface area contributed by atoms with Crippen LogP contribution in [0.3, 0.4) is 0 Å². The number of para-hydroxylation sites is 1. The van der Waals surface area contributed by atoms with E-state index in [9.17, 15) is 4.79 Å². The third kappa shape index (κ3) is 3.00. The number of rotatable bonds is 4. The lowest BCUT2D eigenvalue weighted by atomic mass is 10.1. The van der Waals surface area contributed by atoms with Crippen molar-refractivity contribution in [2.24, 2.45) is 5.73 Å². The number of nitrogen functional groups attached to an aromatic ring is 1. The number of nitrogens with one attached hydrogen (secondary N) is 1. The van der Waals surface area contributed by atoms with Gasteiger partial charge < -0.3 is 16.8 Å². The molecule has 20 heavy (non-hydrogen) atoms. The van der Waals surface area contributed by atoms with Crippen LogP contribution in [0.1, 0.15) is 10.4 Å². The molecule has 0 aliphatic carbocycles. The van der Waals surface area contributed by atoms with Gasteiger partial charge in [0.25, 0.3) is 5.91 Å². The Bertz CT molecular complexity index is 661. The molecule has 2 aromatic carbocycles. The third-order valence-corrected chi connectivity index (χ3v) is 3.84. The van der Waals surface area contributed by atoms with E-state index in [1.54, 1.807) is 17.8 Å². The molecule has 0 heterocycles. The summed E-state index contributed by atoms with van der Waals surface area (Å²) >= 11 is 7.76. The summed E-state index contributed by atoms with van der Waals surface area (Å²) in [5, 5.41) is 3.52. The van der Waals surface area contributed by atoms with E-state index in [-0.39, 0.29) is 5.56 Å². The van der Waals surface area contributed by atoms with Gasteiger partial charge in [0.15, 0.2) is 0 Å². The van der Waals surface area contributed by atoms with Crippen molar-refractivity contribution in [1.29, 1.82) is 0 Å². The summed E-state index contributed by atoms with van der Waals surface area (Å²) in [4.78, 5) is 12.6. The van der Waals surface area contributed by atoms with Gasteiger partial charge in [-0.1, -0.05) is 23.7 Å². The predicted molar refractivity (Wildman–Crippen MR) is 85.9 cm³/mol. The average Bonchev–Trinajstić information content (AvgIpc) is 2.41. The molecule has 0 atom stereocenters. The molecule has 0 aliphatic heterocycles. The maximum Gasteiger partial charge on any atom is 0.250 e. The van der Waals surface area contributed by atoms with Crippen LogP contribution < -0.4 is 16.8 Å². The van der Waals surface area contributed by atoms with Crippen molar-refractivity contribution in [3.63, 3.8) is 0 Å². The van der Waals surface area contributed by atoms with Crippen molar-refractivity contribution < 1.29 is 4.79 Å². The van der Waals surface area contributed by atoms with Crippen molar-refractivity contribution in [3.05, 3.63) is 47.0 Å². The average molecular weight is 308 g/mol. The van der Waals surface area contributed by atoms with Gasteiger partial charge in [-0.05, 0) is 30.5 Å². The van der Waals surface area contributed by atoms with Gasteiger partial charge >= 0.3 is 0 Å². The van der Waals surface area contributed by atoms with E-state index in [0.29, 0.717) is 16.4 Å². The standard InChI is InChI=1S/C14H14ClN3OS/c1-20-12-5-3-2-4-11(12)18-13-9(14(17)19)6-8(16)7-10(13)15/h2-7,18H,16H2,1H3,(H2,17,19). The summed E-state index contributed by atoms with van der Waals surface area (Å²) in [6.07, 6.45) is 1.97. The van der Waals surface area contributed by atoms with Crippen LogP contribution >= 0.6 is 23.4 Å². The second kappa shape index (κ2) is 6.07. The maximum absolute atomic E-state index is 11.5. The summed E-state index contributed by atoms with van der Waals surface area (Å²) in [5.74, 6) is -0.580. The Balaban J connectivity index is 2.50.